The van der Waals surface area contributed by atoms with E-state index in [-0.39, 0.29) is 16.3 Å². The van der Waals surface area contributed by atoms with Crippen molar-refractivity contribution >= 4 is 20.0 Å². The molecule has 2 aromatic rings. The molecule has 0 aliphatic carbocycles. The van der Waals surface area contributed by atoms with Crippen LogP contribution in [0, 0.1) is 0 Å². The second-order valence-electron chi connectivity index (χ2n) is 5.26. The molecule has 0 atom stereocenters. The van der Waals surface area contributed by atoms with Crippen molar-refractivity contribution in [3.63, 3.8) is 0 Å². The Morgan fingerprint density at radius 1 is 0.917 bits per heavy atom. The number of nitrogens with one attached hydrogen (secondary N) is 1. The van der Waals surface area contributed by atoms with E-state index in [4.69, 9.17) is 0 Å². The predicted octanol–water partition coefficient (Wildman–Crippen LogP) is 0.853. The molecule has 2 rings (SSSR count). The van der Waals surface area contributed by atoms with Crippen LogP contribution in [-0.2, 0) is 26.5 Å². The molecule has 130 valence electrons. The standard InChI is InChI=1S/C15H19N3O4S2/c1-18(2)24(21,22)15-5-3-14(4-6-15)23(19,20)17-12-9-13-7-10-16-11-8-13/h3-8,10-11,17H,9,12H2,1-2H3. The lowest BCUT2D eigenvalue weighted by molar-refractivity contribution is 0.520. The highest BCUT2D eigenvalue weighted by molar-refractivity contribution is 7.89. The number of sulfonamides is 2. The smallest absolute Gasteiger partial charge is 0.242 e. The molecule has 0 amide bonds. The summed E-state index contributed by atoms with van der Waals surface area (Å²) in [6.07, 6.45) is 3.83. The van der Waals surface area contributed by atoms with Crippen LogP contribution >= 0.6 is 0 Å². The maximum Gasteiger partial charge on any atom is 0.242 e. The third kappa shape index (κ3) is 4.38. The van der Waals surface area contributed by atoms with Gasteiger partial charge in [0.2, 0.25) is 20.0 Å². The average molecular weight is 369 g/mol. The van der Waals surface area contributed by atoms with Gasteiger partial charge in [-0.1, -0.05) is 0 Å². The van der Waals surface area contributed by atoms with Crippen molar-refractivity contribution in [1.29, 1.82) is 0 Å². The first-order valence-corrected chi connectivity index (χ1v) is 10.1. The summed E-state index contributed by atoms with van der Waals surface area (Å²) in [5.41, 5.74) is 0.972. The molecule has 9 heteroatoms. The normalized spacial score (nSPS) is 12.5. The second-order valence-corrected chi connectivity index (χ2v) is 9.18. The largest absolute Gasteiger partial charge is 0.265 e. The molecule has 1 N–H and O–H groups in total. The van der Waals surface area contributed by atoms with Crippen molar-refractivity contribution < 1.29 is 16.8 Å². The maximum atomic E-state index is 12.2. The molecule has 1 aromatic carbocycles. The molecule has 24 heavy (non-hydrogen) atoms. The highest BCUT2D eigenvalue weighted by atomic mass is 32.2. The number of benzene rings is 1. The van der Waals surface area contributed by atoms with Crippen molar-refractivity contribution in [2.45, 2.75) is 16.2 Å². The zero-order valence-electron chi connectivity index (χ0n) is 13.4. The lowest BCUT2D eigenvalue weighted by atomic mass is 10.2. The molecule has 0 spiro atoms. The van der Waals surface area contributed by atoms with Crippen molar-refractivity contribution in [1.82, 2.24) is 14.0 Å². The Morgan fingerprint density at radius 3 is 2.00 bits per heavy atom. The van der Waals surface area contributed by atoms with Gasteiger partial charge in [0, 0.05) is 33.0 Å². The Balaban J connectivity index is 2.07. The van der Waals surface area contributed by atoms with E-state index < -0.39 is 20.0 Å². The van der Waals surface area contributed by atoms with Crippen molar-refractivity contribution in [3.05, 3.63) is 54.4 Å². The number of aromatic nitrogens is 1. The van der Waals surface area contributed by atoms with Crippen LogP contribution in [0.2, 0.25) is 0 Å². The van der Waals surface area contributed by atoms with Gasteiger partial charge in [-0.05, 0) is 48.4 Å². The molecule has 0 aliphatic rings. The highest BCUT2D eigenvalue weighted by Gasteiger charge is 2.19. The summed E-state index contributed by atoms with van der Waals surface area (Å²) in [4.78, 5) is 3.97. The minimum absolute atomic E-state index is 0.0231. The molecule has 0 unspecified atom stereocenters. The fourth-order valence-electron chi connectivity index (χ4n) is 1.96. The van der Waals surface area contributed by atoms with Gasteiger partial charge in [0.1, 0.15) is 0 Å². The van der Waals surface area contributed by atoms with Crippen LogP contribution in [0.1, 0.15) is 5.56 Å². The lowest BCUT2D eigenvalue weighted by Crippen LogP contribution is -2.26. The average Bonchev–Trinajstić information content (AvgIpc) is 2.55. The first kappa shape index (κ1) is 18.5. The number of rotatable bonds is 7. The quantitative estimate of drug-likeness (QED) is 0.781. The summed E-state index contributed by atoms with van der Waals surface area (Å²) in [5, 5.41) is 0. The molecule has 7 nitrogen and oxygen atoms in total. The molecule has 0 radical (unpaired) electrons. The van der Waals surface area contributed by atoms with Gasteiger partial charge in [-0.25, -0.2) is 25.9 Å². The highest BCUT2D eigenvalue weighted by Crippen LogP contribution is 2.16. The summed E-state index contributed by atoms with van der Waals surface area (Å²) >= 11 is 0. The van der Waals surface area contributed by atoms with Gasteiger partial charge in [-0.15, -0.1) is 0 Å². The zero-order valence-corrected chi connectivity index (χ0v) is 15.0. The first-order valence-electron chi connectivity index (χ1n) is 7.14. The van der Waals surface area contributed by atoms with Gasteiger partial charge in [0.15, 0.2) is 0 Å². The fraction of sp³-hybridized carbons (Fsp3) is 0.267. The number of hydrogen-bond donors (Lipinski definition) is 1. The molecule has 0 saturated carbocycles. The van der Waals surface area contributed by atoms with E-state index in [1.54, 1.807) is 12.4 Å². The van der Waals surface area contributed by atoms with Crippen LogP contribution < -0.4 is 4.72 Å². The molecular weight excluding hydrogens is 350 g/mol. The Hall–Kier alpha value is -1.81. The summed E-state index contributed by atoms with van der Waals surface area (Å²) in [5.74, 6) is 0. The Labute approximate surface area is 142 Å². The Kier molecular flexibility index (Phi) is 5.70. The SMILES string of the molecule is CN(C)S(=O)(=O)c1ccc(S(=O)(=O)NCCc2ccncc2)cc1. The summed E-state index contributed by atoms with van der Waals surface area (Å²) in [6, 6.07) is 8.76. The monoisotopic (exact) mass is 369 g/mol. The Morgan fingerprint density at radius 2 is 1.46 bits per heavy atom. The third-order valence-corrected chi connectivity index (χ3v) is 6.67. The van der Waals surface area contributed by atoms with Crippen LogP contribution in [0.5, 0.6) is 0 Å². The first-order chi connectivity index (χ1) is 11.2. The van der Waals surface area contributed by atoms with E-state index in [9.17, 15) is 16.8 Å². The van der Waals surface area contributed by atoms with Crippen molar-refractivity contribution in [2.75, 3.05) is 20.6 Å². The van der Waals surface area contributed by atoms with Gasteiger partial charge in [-0.2, -0.15) is 0 Å². The van der Waals surface area contributed by atoms with Gasteiger partial charge in [0.25, 0.3) is 0 Å². The number of nitrogens with zero attached hydrogens (tertiary/aromatic N) is 2. The van der Waals surface area contributed by atoms with Crippen LogP contribution in [-0.4, -0.2) is 46.8 Å². The summed E-state index contributed by atoms with van der Waals surface area (Å²) < 4.78 is 52.0. The van der Waals surface area contributed by atoms with E-state index in [1.165, 1.54) is 38.4 Å². The minimum Gasteiger partial charge on any atom is -0.265 e. The number of pyridine rings is 1. The zero-order chi connectivity index (χ0) is 17.8. The van der Waals surface area contributed by atoms with E-state index in [1.807, 2.05) is 12.1 Å². The van der Waals surface area contributed by atoms with E-state index in [2.05, 4.69) is 9.71 Å². The summed E-state index contributed by atoms with van der Waals surface area (Å²) in [7, 11) is -4.43. The van der Waals surface area contributed by atoms with Crippen LogP contribution in [0.15, 0.2) is 58.6 Å². The fourth-order valence-corrected chi connectivity index (χ4v) is 3.90. The molecule has 1 heterocycles. The van der Waals surface area contributed by atoms with Gasteiger partial charge in [0.05, 0.1) is 9.79 Å². The molecule has 1 aromatic heterocycles. The topological polar surface area (TPSA) is 96.4 Å². The Bertz CT molecular complexity index is 878. The van der Waals surface area contributed by atoms with E-state index in [0.29, 0.717) is 6.42 Å². The molecule has 0 fully saturated rings. The van der Waals surface area contributed by atoms with E-state index >= 15 is 0 Å². The van der Waals surface area contributed by atoms with Crippen molar-refractivity contribution in [3.8, 4) is 0 Å². The number of hydrogen-bond acceptors (Lipinski definition) is 5. The molecule has 0 saturated heterocycles. The summed E-state index contributed by atoms with van der Waals surface area (Å²) in [6.45, 7) is 0.240. The molecule has 0 aliphatic heterocycles. The van der Waals surface area contributed by atoms with Gasteiger partial charge >= 0.3 is 0 Å². The van der Waals surface area contributed by atoms with E-state index in [0.717, 1.165) is 9.87 Å². The van der Waals surface area contributed by atoms with Crippen LogP contribution in [0.3, 0.4) is 0 Å². The molecule has 0 bridgehead atoms. The predicted molar refractivity (Wildman–Crippen MR) is 90.4 cm³/mol. The maximum absolute atomic E-state index is 12.2. The minimum atomic E-state index is -3.69. The third-order valence-electron chi connectivity index (χ3n) is 3.37. The molecular formula is C15H19N3O4S2. The lowest BCUT2D eigenvalue weighted by Gasteiger charge is -2.12. The van der Waals surface area contributed by atoms with Crippen LogP contribution in [0.4, 0.5) is 0 Å². The second kappa shape index (κ2) is 7.39. The van der Waals surface area contributed by atoms with Crippen molar-refractivity contribution in [2.24, 2.45) is 0 Å². The van der Waals surface area contributed by atoms with Crippen LogP contribution in [0.25, 0.3) is 0 Å². The van der Waals surface area contributed by atoms with Gasteiger partial charge in [-0.3, -0.25) is 4.98 Å². The van der Waals surface area contributed by atoms with Gasteiger partial charge < -0.3 is 0 Å².